The van der Waals surface area contributed by atoms with E-state index in [1.807, 2.05) is 18.2 Å². The van der Waals surface area contributed by atoms with Gasteiger partial charge in [-0.15, -0.1) is 12.4 Å². The fraction of sp³-hybridized carbons (Fsp3) is 0.292. The summed E-state index contributed by atoms with van der Waals surface area (Å²) in [5, 5.41) is 9.07. The highest BCUT2D eigenvalue weighted by Gasteiger charge is 2.20. The van der Waals surface area contributed by atoms with Crippen LogP contribution < -0.4 is 10.6 Å². The first-order chi connectivity index (χ1) is 13.3. The minimum atomic E-state index is -0.133. The maximum atomic E-state index is 12.8. The molecule has 4 heteroatoms. The molecule has 0 aliphatic carbocycles. The van der Waals surface area contributed by atoms with Gasteiger partial charge in [-0.25, -0.2) is 0 Å². The second-order valence-corrected chi connectivity index (χ2v) is 7.38. The molecule has 3 aromatic rings. The van der Waals surface area contributed by atoms with Crippen LogP contribution in [-0.4, -0.2) is 19.0 Å². The van der Waals surface area contributed by atoms with E-state index < -0.39 is 0 Å². The van der Waals surface area contributed by atoms with Crippen LogP contribution in [0.15, 0.2) is 72.8 Å². The fourth-order valence-corrected chi connectivity index (χ4v) is 4.02. The maximum absolute atomic E-state index is 12.8. The minimum absolute atomic E-state index is 0. The van der Waals surface area contributed by atoms with Crippen LogP contribution >= 0.6 is 12.4 Å². The highest BCUT2D eigenvalue weighted by atomic mass is 35.5. The zero-order valence-electron chi connectivity index (χ0n) is 15.9. The largest absolute Gasteiger partial charge is 0.345 e. The fourth-order valence-electron chi connectivity index (χ4n) is 4.02. The van der Waals surface area contributed by atoms with Gasteiger partial charge in [0.05, 0.1) is 6.04 Å². The average molecular weight is 395 g/mol. The molecule has 146 valence electrons. The number of carbonyl (C=O) groups excluding carboxylic acids is 1. The first-order valence-corrected chi connectivity index (χ1v) is 9.84. The Labute approximate surface area is 172 Å². The van der Waals surface area contributed by atoms with E-state index in [9.17, 15) is 4.79 Å². The van der Waals surface area contributed by atoms with Gasteiger partial charge in [0.1, 0.15) is 0 Å². The van der Waals surface area contributed by atoms with Crippen molar-refractivity contribution in [1.29, 1.82) is 0 Å². The van der Waals surface area contributed by atoms with Gasteiger partial charge in [-0.2, -0.15) is 0 Å². The molecule has 0 bridgehead atoms. The highest BCUT2D eigenvalue weighted by molar-refractivity contribution is 5.87. The molecule has 1 amide bonds. The van der Waals surface area contributed by atoms with Crippen LogP contribution in [0.2, 0.25) is 0 Å². The van der Waals surface area contributed by atoms with Gasteiger partial charge < -0.3 is 10.6 Å². The molecule has 3 nitrogen and oxygen atoms in total. The van der Waals surface area contributed by atoms with Crippen molar-refractivity contribution in [1.82, 2.24) is 10.6 Å². The number of rotatable bonds is 6. The first-order valence-electron chi connectivity index (χ1n) is 9.84. The van der Waals surface area contributed by atoms with E-state index in [2.05, 4.69) is 65.2 Å². The van der Waals surface area contributed by atoms with Gasteiger partial charge in [0.25, 0.3) is 0 Å². The number of hydrogen-bond acceptors (Lipinski definition) is 2. The van der Waals surface area contributed by atoms with Crippen LogP contribution in [-0.2, 0) is 4.79 Å². The molecule has 2 unspecified atom stereocenters. The number of amides is 1. The molecule has 1 aliphatic heterocycles. The van der Waals surface area contributed by atoms with Crippen LogP contribution in [0.25, 0.3) is 10.8 Å². The first kappa shape index (κ1) is 20.4. The Morgan fingerprint density at radius 1 is 1.00 bits per heavy atom. The standard InChI is InChI=1S/C24H26N2O.ClH/c27-23(14-13-18-15-16-25-17-18)26-24(20-8-2-1-3-9-20)22-12-6-10-19-7-4-5-11-21(19)22;/h1-12,18,24-25H,13-17H2,(H,26,27);1H. The van der Waals surface area contributed by atoms with Crippen LogP contribution in [0.5, 0.6) is 0 Å². The lowest BCUT2D eigenvalue weighted by molar-refractivity contribution is -0.121. The molecule has 3 aromatic carbocycles. The van der Waals surface area contributed by atoms with Gasteiger partial charge in [-0.1, -0.05) is 72.8 Å². The number of hydrogen-bond donors (Lipinski definition) is 2. The van der Waals surface area contributed by atoms with Crippen LogP contribution in [0.1, 0.15) is 36.4 Å². The molecule has 4 rings (SSSR count). The summed E-state index contributed by atoms with van der Waals surface area (Å²) in [4.78, 5) is 12.8. The van der Waals surface area contributed by atoms with E-state index in [4.69, 9.17) is 0 Å². The molecule has 1 aliphatic rings. The van der Waals surface area contributed by atoms with E-state index in [0.717, 1.165) is 30.6 Å². The van der Waals surface area contributed by atoms with Gasteiger partial charge in [0.15, 0.2) is 0 Å². The molecule has 2 N–H and O–H groups in total. The van der Waals surface area contributed by atoms with Crippen molar-refractivity contribution < 1.29 is 4.79 Å². The SMILES string of the molecule is Cl.O=C(CCC1CCNC1)NC(c1ccccc1)c1cccc2ccccc12. The Balaban J connectivity index is 0.00000225. The van der Waals surface area contributed by atoms with Crippen molar-refractivity contribution in [3.63, 3.8) is 0 Å². The molecule has 1 fully saturated rings. The molecular formula is C24H27ClN2O. The second kappa shape index (κ2) is 9.72. The van der Waals surface area contributed by atoms with Crippen molar-refractivity contribution in [3.05, 3.63) is 83.9 Å². The van der Waals surface area contributed by atoms with E-state index in [-0.39, 0.29) is 24.4 Å². The number of fused-ring (bicyclic) bond motifs is 1. The summed E-state index contributed by atoms with van der Waals surface area (Å²) in [6.07, 6.45) is 2.72. The zero-order chi connectivity index (χ0) is 18.5. The lowest BCUT2D eigenvalue weighted by atomic mass is 9.93. The average Bonchev–Trinajstić information content (AvgIpc) is 3.24. The number of nitrogens with one attached hydrogen (secondary N) is 2. The third kappa shape index (κ3) is 4.73. The Hall–Kier alpha value is -2.36. The molecule has 1 heterocycles. The normalized spacial score (nSPS) is 17.1. The van der Waals surface area contributed by atoms with Crippen LogP contribution in [0.4, 0.5) is 0 Å². The van der Waals surface area contributed by atoms with E-state index in [0.29, 0.717) is 12.3 Å². The lowest BCUT2D eigenvalue weighted by Crippen LogP contribution is -2.29. The second-order valence-electron chi connectivity index (χ2n) is 7.38. The third-order valence-electron chi connectivity index (χ3n) is 5.51. The summed E-state index contributed by atoms with van der Waals surface area (Å²) in [7, 11) is 0. The van der Waals surface area contributed by atoms with Crippen LogP contribution in [0, 0.1) is 5.92 Å². The Kier molecular flexibility index (Phi) is 7.07. The highest BCUT2D eigenvalue weighted by Crippen LogP contribution is 2.29. The van der Waals surface area contributed by atoms with Gasteiger partial charge in [-0.3, -0.25) is 4.79 Å². The summed E-state index contributed by atoms with van der Waals surface area (Å²) in [5.41, 5.74) is 2.26. The minimum Gasteiger partial charge on any atom is -0.345 e. The predicted molar refractivity (Wildman–Crippen MR) is 118 cm³/mol. The smallest absolute Gasteiger partial charge is 0.220 e. The van der Waals surface area contributed by atoms with E-state index >= 15 is 0 Å². The Morgan fingerprint density at radius 2 is 1.75 bits per heavy atom. The van der Waals surface area contributed by atoms with Crippen molar-refractivity contribution in [2.45, 2.75) is 25.3 Å². The van der Waals surface area contributed by atoms with E-state index in [1.165, 1.54) is 17.2 Å². The lowest BCUT2D eigenvalue weighted by Gasteiger charge is -2.22. The molecule has 0 spiro atoms. The monoisotopic (exact) mass is 394 g/mol. The van der Waals surface area contributed by atoms with Gasteiger partial charge in [0.2, 0.25) is 5.91 Å². The number of benzene rings is 3. The molecule has 28 heavy (non-hydrogen) atoms. The molecule has 1 saturated heterocycles. The van der Waals surface area contributed by atoms with E-state index in [1.54, 1.807) is 0 Å². The van der Waals surface area contributed by atoms with Crippen molar-refractivity contribution in [3.8, 4) is 0 Å². The van der Waals surface area contributed by atoms with Gasteiger partial charge in [-0.05, 0) is 53.7 Å². The summed E-state index contributed by atoms with van der Waals surface area (Å²) < 4.78 is 0. The topological polar surface area (TPSA) is 41.1 Å². The maximum Gasteiger partial charge on any atom is 0.220 e. The van der Waals surface area contributed by atoms with Gasteiger partial charge in [0, 0.05) is 6.42 Å². The van der Waals surface area contributed by atoms with Crippen LogP contribution in [0.3, 0.4) is 0 Å². The van der Waals surface area contributed by atoms with Crippen molar-refractivity contribution in [2.24, 2.45) is 5.92 Å². The summed E-state index contributed by atoms with van der Waals surface area (Å²) in [5.74, 6) is 0.757. The Morgan fingerprint density at radius 3 is 2.54 bits per heavy atom. The third-order valence-corrected chi connectivity index (χ3v) is 5.51. The number of halogens is 1. The summed E-state index contributed by atoms with van der Waals surface area (Å²) >= 11 is 0. The molecule has 0 aromatic heterocycles. The summed E-state index contributed by atoms with van der Waals surface area (Å²) in [6.45, 7) is 2.12. The zero-order valence-corrected chi connectivity index (χ0v) is 16.8. The van der Waals surface area contributed by atoms with Gasteiger partial charge >= 0.3 is 0 Å². The Bertz CT molecular complexity index is 901. The molecular weight excluding hydrogens is 368 g/mol. The predicted octanol–water partition coefficient (Wildman–Crippen LogP) is 4.86. The molecule has 0 saturated carbocycles. The molecule has 2 atom stereocenters. The number of carbonyl (C=O) groups is 1. The van der Waals surface area contributed by atoms with Crippen molar-refractivity contribution >= 4 is 29.1 Å². The molecule has 0 radical (unpaired) electrons. The van der Waals surface area contributed by atoms with Crippen molar-refractivity contribution in [2.75, 3.05) is 13.1 Å². The quantitative estimate of drug-likeness (QED) is 0.627. The summed E-state index contributed by atoms with van der Waals surface area (Å²) in [6, 6.07) is 24.8.